The van der Waals surface area contributed by atoms with E-state index in [-0.39, 0.29) is 5.41 Å². The second-order valence-corrected chi connectivity index (χ2v) is 14.7. The monoisotopic (exact) mass is 422 g/mol. The molecule has 1 aliphatic carbocycles. The molecular formula is C29H32NSi+. The lowest BCUT2D eigenvalue weighted by Crippen LogP contribution is -2.53. The maximum absolute atomic E-state index is 2.55. The van der Waals surface area contributed by atoms with Gasteiger partial charge < -0.3 is 0 Å². The van der Waals surface area contributed by atoms with Crippen molar-refractivity contribution in [1.29, 1.82) is 0 Å². The Balaban J connectivity index is 1.93. The number of pyridine rings is 1. The van der Waals surface area contributed by atoms with Crippen LogP contribution in [0.5, 0.6) is 0 Å². The van der Waals surface area contributed by atoms with Gasteiger partial charge in [0.2, 0.25) is 5.69 Å². The topological polar surface area (TPSA) is 3.88 Å². The SMILES string of the molecule is Cc1cccc2c1-c1c3c(cc([Si](C)(C)c4ccccc4)cc3cc(C)[n+]1C)C2(C)C. The Morgan fingerprint density at radius 1 is 0.774 bits per heavy atom. The van der Waals surface area contributed by atoms with Gasteiger partial charge in [-0.05, 0) is 29.0 Å². The summed E-state index contributed by atoms with van der Waals surface area (Å²) in [5.41, 5.74) is 8.35. The highest BCUT2D eigenvalue weighted by Gasteiger charge is 2.40. The lowest BCUT2D eigenvalue weighted by Gasteiger charge is -2.36. The van der Waals surface area contributed by atoms with Crippen LogP contribution >= 0.6 is 0 Å². The second-order valence-electron chi connectivity index (χ2n) is 10.3. The lowest BCUT2D eigenvalue weighted by molar-refractivity contribution is -0.665. The van der Waals surface area contributed by atoms with E-state index < -0.39 is 8.07 Å². The van der Waals surface area contributed by atoms with Crippen molar-refractivity contribution in [3.8, 4) is 11.3 Å². The van der Waals surface area contributed by atoms with E-state index in [9.17, 15) is 0 Å². The van der Waals surface area contributed by atoms with Crippen LogP contribution in [0.1, 0.15) is 36.2 Å². The van der Waals surface area contributed by atoms with Gasteiger partial charge in [-0.2, -0.15) is 4.57 Å². The number of nitrogens with zero attached hydrogens (tertiary/aromatic N) is 1. The third kappa shape index (κ3) is 2.78. The molecular weight excluding hydrogens is 390 g/mol. The maximum Gasteiger partial charge on any atom is 0.221 e. The Morgan fingerprint density at radius 3 is 2.19 bits per heavy atom. The molecule has 0 unspecified atom stereocenters. The van der Waals surface area contributed by atoms with Gasteiger partial charge in [0, 0.05) is 18.4 Å². The van der Waals surface area contributed by atoms with Crippen LogP contribution in [-0.4, -0.2) is 8.07 Å². The summed E-state index contributed by atoms with van der Waals surface area (Å²) in [6, 6.07) is 25.4. The Labute approximate surface area is 187 Å². The van der Waals surface area contributed by atoms with Crippen LogP contribution in [0.3, 0.4) is 0 Å². The standard InChI is InChI=1S/C29H32NSi/c1-19-12-11-15-24-26(19)28-27-21(16-20(2)30(28)5)17-23(18-25(27)29(24,3)4)31(6,7)22-13-9-8-10-14-22/h8-18H,1-7H3/q+1. The fraction of sp³-hybridized carbons (Fsp3) is 0.276. The number of fused-ring (bicyclic) bond motifs is 2. The molecule has 0 N–H and O–H groups in total. The molecule has 31 heavy (non-hydrogen) atoms. The largest absolute Gasteiger partial charge is 0.221 e. The van der Waals surface area contributed by atoms with Crippen molar-refractivity contribution in [3.05, 3.63) is 89.1 Å². The first-order valence-corrected chi connectivity index (χ1v) is 14.3. The van der Waals surface area contributed by atoms with Gasteiger partial charge in [-0.3, -0.25) is 0 Å². The van der Waals surface area contributed by atoms with Crippen LogP contribution in [0, 0.1) is 13.8 Å². The first kappa shape index (κ1) is 20.2. The molecule has 3 aromatic carbocycles. The van der Waals surface area contributed by atoms with Gasteiger partial charge in [-0.1, -0.05) is 98.0 Å². The van der Waals surface area contributed by atoms with Gasteiger partial charge in [0.15, 0.2) is 5.69 Å². The van der Waals surface area contributed by atoms with Crippen molar-refractivity contribution in [3.63, 3.8) is 0 Å². The normalized spacial score (nSPS) is 14.5. The molecule has 0 amide bonds. The quantitative estimate of drug-likeness (QED) is 0.300. The minimum absolute atomic E-state index is 0.0357. The molecule has 0 aliphatic heterocycles. The van der Waals surface area contributed by atoms with Crippen molar-refractivity contribution in [1.82, 2.24) is 0 Å². The third-order valence-electron chi connectivity index (χ3n) is 7.71. The molecule has 0 radical (unpaired) electrons. The molecule has 0 bridgehead atoms. The van der Waals surface area contributed by atoms with E-state index >= 15 is 0 Å². The summed E-state index contributed by atoms with van der Waals surface area (Å²) in [4.78, 5) is 0. The van der Waals surface area contributed by atoms with Gasteiger partial charge in [0.05, 0.1) is 10.9 Å². The van der Waals surface area contributed by atoms with Crippen molar-refractivity contribution < 1.29 is 4.57 Å². The van der Waals surface area contributed by atoms with Gasteiger partial charge in [-0.25, -0.2) is 0 Å². The first-order valence-electron chi connectivity index (χ1n) is 11.3. The van der Waals surface area contributed by atoms with E-state index in [1.807, 2.05) is 0 Å². The molecule has 0 saturated heterocycles. The highest BCUT2D eigenvalue weighted by Crippen LogP contribution is 2.48. The number of aryl methyl sites for hydroxylation is 2. The number of aromatic nitrogens is 1. The fourth-order valence-corrected chi connectivity index (χ4v) is 7.91. The summed E-state index contributed by atoms with van der Waals surface area (Å²) in [5.74, 6) is 0. The minimum atomic E-state index is -1.82. The zero-order chi connectivity index (χ0) is 22.1. The Kier molecular flexibility index (Phi) is 4.33. The summed E-state index contributed by atoms with van der Waals surface area (Å²) in [7, 11) is 0.405. The van der Waals surface area contributed by atoms with Gasteiger partial charge >= 0.3 is 0 Å². The van der Waals surface area contributed by atoms with Gasteiger partial charge in [0.1, 0.15) is 15.1 Å². The molecule has 4 aromatic rings. The zero-order valence-corrected chi connectivity index (χ0v) is 20.8. The average Bonchev–Trinajstić information content (AvgIpc) is 2.74. The fourth-order valence-electron chi connectivity index (χ4n) is 5.52. The van der Waals surface area contributed by atoms with Gasteiger partial charge in [0.25, 0.3) is 0 Å². The second kappa shape index (κ2) is 6.64. The van der Waals surface area contributed by atoms with E-state index in [2.05, 4.69) is 119 Å². The number of rotatable bonds is 2. The van der Waals surface area contributed by atoms with E-state index in [0.29, 0.717) is 0 Å². The maximum atomic E-state index is 2.55. The predicted octanol–water partition coefficient (Wildman–Crippen LogP) is 5.41. The molecule has 156 valence electrons. The van der Waals surface area contributed by atoms with Crippen molar-refractivity contribution in [2.75, 3.05) is 0 Å². The molecule has 1 heterocycles. The van der Waals surface area contributed by atoms with Gasteiger partial charge in [-0.15, -0.1) is 0 Å². The molecule has 0 fully saturated rings. The highest BCUT2D eigenvalue weighted by molar-refractivity contribution is 7.00. The smallest absolute Gasteiger partial charge is 0.198 e. The Hall–Kier alpha value is -2.71. The highest BCUT2D eigenvalue weighted by atomic mass is 28.3. The van der Waals surface area contributed by atoms with Crippen LogP contribution in [0.25, 0.3) is 22.0 Å². The summed E-state index contributed by atoms with van der Waals surface area (Å²) in [5, 5.41) is 5.83. The number of hydrogen-bond acceptors (Lipinski definition) is 0. The van der Waals surface area contributed by atoms with E-state index in [4.69, 9.17) is 0 Å². The number of hydrogen-bond donors (Lipinski definition) is 0. The van der Waals surface area contributed by atoms with Crippen molar-refractivity contribution in [2.24, 2.45) is 7.05 Å². The Morgan fingerprint density at radius 2 is 1.48 bits per heavy atom. The van der Waals surface area contributed by atoms with Crippen molar-refractivity contribution in [2.45, 2.75) is 46.2 Å². The summed E-state index contributed by atoms with van der Waals surface area (Å²) >= 11 is 0. The molecule has 2 heteroatoms. The van der Waals surface area contributed by atoms with Crippen molar-refractivity contribution >= 4 is 29.2 Å². The summed E-state index contributed by atoms with van der Waals surface area (Å²) in [6.07, 6.45) is 0. The van der Waals surface area contributed by atoms with Crippen LogP contribution in [0.4, 0.5) is 0 Å². The minimum Gasteiger partial charge on any atom is -0.198 e. The Bertz CT molecular complexity index is 1350. The molecule has 0 spiro atoms. The van der Waals surface area contributed by atoms with E-state index in [0.717, 1.165) is 0 Å². The molecule has 0 saturated carbocycles. The summed E-state index contributed by atoms with van der Waals surface area (Å²) in [6.45, 7) is 14.3. The molecule has 0 atom stereocenters. The average molecular weight is 423 g/mol. The van der Waals surface area contributed by atoms with E-state index in [1.54, 1.807) is 0 Å². The third-order valence-corrected chi connectivity index (χ3v) is 11.2. The van der Waals surface area contributed by atoms with E-state index in [1.165, 1.54) is 54.8 Å². The molecule has 1 aromatic heterocycles. The van der Waals surface area contributed by atoms with Crippen LogP contribution in [0.2, 0.25) is 13.1 Å². The molecule has 1 nitrogen and oxygen atoms in total. The summed E-state index contributed by atoms with van der Waals surface area (Å²) < 4.78 is 2.40. The first-order chi connectivity index (χ1) is 14.6. The van der Waals surface area contributed by atoms with Crippen LogP contribution < -0.4 is 14.9 Å². The lowest BCUT2D eigenvalue weighted by atomic mass is 9.68. The predicted molar refractivity (Wildman–Crippen MR) is 135 cm³/mol. The molecule has 5 rings (SSSR count). The van der Waals surface area contributed by atoms with Crippen LogP contribution in [-0.2, 0) is 12.5 Å². The molecule has 1 aliphatic rings. The number of benzene rings is 3. The van der Waals surface area contributed by atoms with Crippen LogP contribution in [0.15, 0.2) is 66.7 Å². The zero-order valence-electron chi connectivity index (χ0n) is 19.8.